The lowest BCUT2D eigenvalue weighted by Crippen LogP contribution is -2.29. The van der Waals surface area contributed by atoms with E-state index >= 15 is 0 Å². The Hall–Kier alpha value is -2.29. The molecule has 2 aromatic carbocycles. The van der Waals surface area contributed by atoms with E-state index in [-0.39, 0.29) is 5.91 Å². The minimum absolute atomic E-state index is 0.0196. The summed E-state index contributed by atoms with van der Waals surface area (Å²) < 4.78 is 0. The van der Waals surface area contributed by atoms with Gasteiger partial charge in [-0.3, -0.25) is 4.79 Å². The molecule has 1 N–H and O–H groups in total. The van der Waals surface area contributed by atoms with Gasteiger partial charge in [-0.2, -0.15) is 0 Å². The van der Waals surface area contributed by atoms with Gasteiger partial charge in [0.1, 0.15) is 0 Å². The first-order chi connectivity index (χ1) is 11.2. The summed E-state index contributed by atoms with van der Waals surface area (Å²) in [6.45, 7) is 4.87. The standard InChI is InChI=1S/C20H24N2O/c1-16-6-5-7-18(14-16)20(23)21-15-17-8-10-19(11-9-17)22-12-3-2-4-13-22/h5-11,14H,2-4,12-13,15H2,1H3,(H,21,23). The minimum atomic E-state index is -0.0196. The van der Waals surface area contributed by atoms with E-state index in [0.29, 0.717) is 6.54 Å². The van der Waals surface area contributed by atoms with E-state index in [2.05, 4.69) is 34.5 Å². The maximum atomic E-state index is 12.2. The summed E-state index contributed by atoms with van der Waals surface area (Å²) in [6.07, 6.45) is 3.92. The topological polar surface area (TPSA) is 32.3 Å². The Bertz CT molecular complexity index is 658. The highest BCUT2D eigenvalue weighted by Crippen LogP contribution is 2.20. The molecule has 3 heteroatoms. The zero-order chi connectivity index (χ0) is 16.1. The molecule has 0 saturated carbocycles. The summed E-state index contributed by atoms with van der Waals surface area (Å²) in [7, 11) is 0. The van der Waals surface area contributed by atoms with E-state index in [1.54, 1.807) is 0 Å². The molecule has 1 aliphatic heterocycles. The van der Waals surface area contributed by atoms with Crippen molar-refractivity contribution in [3.05, 3.63) is 65.2 Å². The predicted molar refractivity (Wildman–Crippen MR) is 94.9 cm³/mol. The molecule has 1 saturated heterocycles. The summed E-state index contributed by atoms with van der Waals surface area (Å²) in [5.74, 6) is -0.0196. The molecule has 0 aromatic heterocycles. The van der Waals surface area contributed by atoms with Gasteiger partial charge in [0, 0.05) is 30.9 Å². The van der Waals surface area contributed by atoms with Crippen molar-refractivity contribution in [2.24, 2.45) is 0 Å². The van der Waals surface area contributed by atoms with E-state index in [1.807, 2.05) is 31.2 Å². The van der Waals surface area contributed by atoms with Crippen LogP contribution >= 0.6 is 0 Å². The van der Waals surface area contributed by atoms with Gasteiger partial charge >= 0.3 is 0 Å². The molecule has 1 aliphatic rings. The van der Waals surface area contributed by atoms with Crippen molar-refractivity contribution in [2.75, 3.05) is 18.0 Å². The Balaban J connectivity index is 1.57. The summed E-state index contributed by atoms with van der Waals surface area (Å²) in [4.78, 5) is 14.6. The number of anilines is 1. The average molecular weight is 308 g/mol. The van der Waals surface area contributed by atoms with Gasteiger partial charge in [-0.05, 0) is 56.0 Å². The highest BCUT2D eigenvalue weighted by atomic mass is 16.1. The molecule has 3 rings (SSSR count). The van der Waals surface area contributed by atoms with Gasteiger partial charge < -0.3 is 10.2 Å². The van der Waals surface area contributed by atoms with Gasteiger partial charge in [0.15, 0.2) is 0 Å². The lowest BCUT2D eigenvalue weighted by molar-refractivity contribution is 0.0951. The van der Waals surface area contributed by atoms with Crippen LogP contribution in [0.3, 0.4) is 0 Å². The van der Waals surface area contributed by atoms with Gasteiger partial charge in [-0.15, -0.1) is 0 Å². The Kier molecular flexibility index (Phi) is 4.96. The molecule has 1 amide bonds. The second kappa shape index (κ2) is 7.32. The van der Waals surface area contributed by atoms with Gasteiger partial charge in [0.05, 0.1) is 0 Å². The van der Waals surface area contributed by atoms with Crippen LogP contribution in [0.5, 0.6) is 0 Å². The van der Waals surface area contributed by atoms with E-state index in [4.69, 9.17) is 0 Å². The first kappa shape index (κ1) is 15.6. The highest BCUT2D eigenvalue weighted by Gasteiger charge is 2.10. The molecular weight excluding hydrogens is 284 g/mol. The number of hydrogen-bond acceptors (Lipinski definition) is 2. The molecule has 2 aromatic rings. The maximum Gasteiger partial charge on any atom is 0.251 e. The van der Waals surface area contributed by atoms with Crippen LogP contribution in [-0.4, -0.2) is 19.0 Å². The molecule has 3 nitrogen and oxygen atoms in total. The summed E-state index contributed by atoms with van der Waals surface area (Å²) in [5.41, 5.74) is 4.24. The number of amides is 1. The monoisotopic (exact) mass is 308 g/mol. The predicted octanol–water partition coefficient (Wildman–Crippen LogP) is 3.92. The molecule has 0 atom stereocenters. The van der Waals surface area contributed by atoms with Crippen LogP contribution in [0.4, 0.5) is 5.69 Å². The number of benzene rings is 2. The molecule has 120 valence electrons. The third-order valence-corrected chi connectivity index (χ3v) is 4.39. The van der Waals surface area contributed by atoms with Crippen molar-refractivity contribution >= 4 is 11.6 Å². The minimum Gasteiger partial charge on any atom is -0.372 e. The van der Waals surface area contributed by atoms with Crippen LogP contribution < -0.4 is 10.2 Å². The lowest BCUT2D eigenvalue weighted by Gasteiger charge is -2.28. The average Bonchev–Trinajstić information content (AvgIpc) is 2.61. The molecule has 0 radical (unpaired) electrons. The number of carbonyl (C=O) groups excluding carboxylic acids is 1. The first-order valence-electron chi connectivity index (χ1n) is 8.41. The second-order valence-electron chi connectivity index (χ2n) is 6.27. The summed E-state index contributed by atoms with van der Waals surface area (Å²) >= 11 is 0. The van der Waals surface area contributed by atoms with Crippen LogP contribution in [0, 0.1) is 6.92 Å². The molecule has 0 spiro atoms. The highest BCUT2D eigenvalue weighted by molar-refractivity contribution is 5.94. The smallest absolute Gasteiger partial charge is 0.251 e. The number of nitrogens with zero attached hydrogens (tertiary/aromatic N) is 1. The van der Waals surface area contributed by atoms with Crippen molar-refractivity contribution < 1.29 is 4.79 Å². The van der Waals surface area contributed by atoms with Crippen molar-refractivity contribution in [3.8, 4) is 0 Å². The number of hydrogen-bond donors (Lipinski definition) is 1. The third kappa shape index (κ3) is 4.13. The van der Waals surface area contributed by atoms with Crippen LogP contribution in [0.1, 0.15) is 40.7 Å². The fraction of sp³-hybridized carbons (Fsp3) is 0.350. The maximum absolute atomic E-state index is 12.2. The van der Waals surface area contributed by atoms with E-state index in [1.165, 1.54) is 24.9 Å². The quantitative estimate of drug-likeness (QED) is 0.928. The molecule has 23 heavy (non-hydrogen) atoms. The van der Waals surface area contributed by atoms with Gasteiger partial charge in [-0.1, -0.05) is 29.8 Å². The largest absolute Gasteiger partial charge is 0.372 e. The normalized spacial score (nSPS) is 14.6. The number of aryl methyl sites for hydroxylation is 1. The van der Waals surface area contributed by atoms with Crippen molar-refractivity contribution in [1.29, 1.82) is 0 Å². The van der Waals surface area contributed by atoms with Crippen molar-refractivity contribution in [2.45, 2.75) is 32.7 Å². The lowest BCUT2D eigenvalue weighted by atomic mass is 10.1. The Morgan fingerprint density at radius 1 is 1.04 bits per heavy atom. The molecular formula is C20H24N2O. The van der Waals surface area contributed by atoms with Crippen LogP contribution in [-0.2, 0) is 6.54 Å². The molecule has 0 unspecified atom stereocenters. The van der Waals surface area contributed by atoms with E-state index < -0.39 is 0 Å². The fourth-order valence-corrected chi connectivity index (χ4v) is 3.05. The SMILES string of the molecule is Cc1cccc(C(=O)NCc2ccc(N3CCCCC3)cc2)c1. The first-order valence-corrected chi connectivity index (χ1v) is 8.41. The van der Waals surface area contributed by atoms with E-state index in [9.17, 15) is 4.79 Å². The number of nitrogens with one attached hydrogen (secondary N) is 1. The fourth-order valence-electron chi connectivity index (χ4n) is 3.05. The van der Waals surface area contributed by atoms with E-state index in [0.717, 1.165) is 29.8 Å². The molecule has 1 heterocycles. The number of rotatable bonds is 4. The van der Waals surface area contributed by atoms with Gasteiger partial charge in [-0.25, -0.2) is 0 Å². The zero-order valence-corrected chi connectivity index (χ0v) is 13.7. The van der Waals surface area contributed by atoms with Crippen molar-refractivity contribution in [1.82, 2.24) is 5.32 Å². The number of piperidine rings is 1. The van der Waals surface area contributed by atoms with Crippen LogP contribution in [0.2, 0.25) is 0 Å². The Labute approximate surface area is 138 Å². The Morgan fingerprint density at radius 3 is 2.48 bits per heavy atom. The number of carbonyl (C=O) groups is 1. The summed E-state index contributed by atoms with van der Waals surface area (Å²) in [5, 5.41) is 2.99. The molecule has 0 aliphatic carbocycles. The summed E-state index contributed by atoms with van der Waals surface area (Å²) in [6, 6.07) is 16.2. The van der Waals surface area contributed by atoms with Crippen LogP contribution in [0.25, 0.3) is 0 Å². The van der Waals surface area contributed by atoms with Gasteiger partial charge in [0.2, 0.25) is 0 Å². The third-order valence-electron chi connectivity index (χ3n) is 4.39. The van der Waals surface area contributed by atoms with Gasteiger partial charge in [0.25, 0.3) is 5.91 Å². The second-order valence-corrected chi connectivity index (χ2v) is 6.27. The van der Waals surface area contributed by atoms with Crippen molar-refractivity contribution in [3.63, 3.8) is 0 Å². The molecule has 1 fully saturated rings. The Morgan fingerprint density at radius 2 is 1.78 bits per heavy atom. The zero-order valence-electron chi connectivity index (χ0n) is 13.7. The van der Waals surface area contributed by atoms with Crippen LogP contribution in [0.15, 0.2) is 48.5 Å². The molecule has 0 bridgehead atoms.